The first-order chi connectivity index (χ1) is 14.0. The molecule has 2 aromatic rings. The molecule has 1 aliphatic rings. The lowest BCUT2D eigenvalue weighted by Gasteiger charge is -2.14. The van der Waals surface area contributed by atoms with Gasteiger partial charge in [0.1, 0.15) is 4.32 Å². The molecule has 4 nitrogen and oxygen atoms in total. The van der Waals surface area contributed by atoms with Crippen molar-refractivity contribution in [2.75, 3.05) is 13.7 Å². The van der Waals surface area contributed by atoms with E-state index in [0.717, 1.165) is 17.5 Å². The van der Waals surface area contributed by atoms with Crippen molar-refractivity contribution in [1.29, 1.82) is 0 Å². The maximum absolute atomic E-state index is 12.8. The molecule has 152 valence electrons. The lowest BCUT2D eigenvalue weighted by atomic mass is 10.1. The highest BCUT2D eigenvalue weighted by molar-refractivity contribution is 8.26. The zero-order valence-electron chi connectivity index (χ0n) is 16.9. The molecular weight excluding hydrogens is 402 g/mol. The van der Waals surface area contributed by atoms with Crippen LogP contribution < -0.4 is 9.47 Å². The smallest absolute Gasteiger partial charge is 0.266 e. The highest BCUT2D eigenvalue weighted by Crippen LogP contribution is 2.35. The topological polar surface area (TPSA) is 38.8 Å². The van der Waals surface area contributed by atoms with Gasteiger partial charge in [0.05, 0.1) is 25.2 Å². The maximum Gasteiger partial charge on any atom is 0.266 e. The third-order valence-corrected chi connectivity index (χ3v) is 5.87. The molecule has 0 spiro atoms. The Kier molecular flexibility index (Phi) is 7.34. The number of thiocarbonyl (C=S) groups is 1. The molecule has 2 aromatic carbocycles. The second-order valence-electron chi connectivity index (χ2n) is 7.19. The predicted molar refractivity (Wildman–Crippen MR) is 123 cm³/mol. The summed E-state index contributed by atoms with van der Waals surface area (Å²) >= 11 is 6.76. The van der Waals surface area contributed by atoms with Gasteiger partial charge in [-0.1, -0.05) is 74.2 Å². The first-order valence-corrected chi connectivity index (χ1v) is 10.8. The molecule has 0 radical (unpaired) electrons. The van der Waals surface area contributed by atoms with Crippen molar-refractivity contribution in [3.05, 3.63) is 64.6 Å². The van der Waals surface area contributed by atoms with Gasteiger partial charge in [0, 0.05) is 0 Å². The van der Waals surface area contributed by atoms with E-state index in [-0.39, 0.29) is 5.91 Å². The van der Waals surface area contributed by atoms with Crippen LogP contribution in [0.2, 0.25) is 0 Å². The summed E-state index contributed by atoms with van der Waals surface area (Å²) in [7, 11) is 1.62. The van der Waals surface area contributed by atoms with Crippen LogP contribution in [0.15, 0.2) is 53.4 Å². The number of ether oxygens (including phenoxy) is 2. The van der Waals surface area contributed by atoms with Gasteiger partial charge in [0.15, 0.2) is 11.5 Å². The monoisotopic (exact) mass is 427 g/mol. The minimum atomic E-state index is -0.0694. The summed E-state index contributed by atoms with van der Waals surface area (Å²) in [6.07, 6.45) is 2.83. The Bertz CT molecular complexity index is 910. The zero-order chi connectivity index (χ0) is 20.8. The van der Waals surface area contributed by atoms with Gasteiger partial charge in [-0.3, -0.25) is 9.69 Å². The zero-order valence-corrected chi connectivity index (χ0v) is 18.5. The number of hydrogen-bond donors (Lipinski definition) is 0. The minimum absolute atomic E-state index is 0.0694. The molecule has 29 heavy (non-hydrogen) atoms. The van der Waals surface area contributed by atoms with Gasteiger partial charge in [-0.15, -0.1) is 0 Å². The SMILES string of the molecule is COc1cc(C=C2SC(=S)N(Cc3ccccc3)C2=O)ccc1OCCC(C)C. The molecule has 0 atom stereocenters. The molecule has 0 bridgehead atoms. The third kappa shape index (κ3) is 5.61. The Labute approximate surface area is 181 Å². The molecule has 3 rings (SSSR count). The largest absolute Gasteiger partial charge is 0.493 e. The standard InChI is InChI=1S/C23H25NO3S2/c1-16(2)11-12-27-19-10-9-18(13-20(19)26-3)14-21-22(25)24(23(28)29-21)15-17-7-5-4-6-8-17/h4-10,13-14,16H,11-12,15H2,1-3H3. The van der Waals surface area contributed by atoms with E-state index in [9.17, 15) is 4.79 Å². The van der Waals surface area contributed by atoms with E-state index < -0.39 is 0 Å². The summed E-state index contributed by atoms with van der Waals surface area (Å²) in [6.45, 7) is 5.45. The summed E-state index contributed by atoms with van der Waals surface area (Å²) in [5, 5.41) is 0. The molecule has 0 aliphatic carbocycles. The second-order valence-corrected chi connectivity index (χ2v) is 8.87. The van der Waals surface area contributed by atoms with Crippen molar-refractivity contribution in [2.24, 2.45) is 5.92 Å². The Morgan fingerprint density at radius 2 is 1.90 bits per heavy atom. The molecule has 1 amide bonds. The average molecular weight is 428 g/mol. The summed E-state index contributed by atoms with van der Waals surface area (Å²) in [5.74, 6) is 1.88. The van der Waals surface area contributed by atoms with Crippen LogP contribution in [-0.4, -0.2) is 28.8 Å². The van der Waals surface area contributed by atoms with Crippen LogP contribution in [0.5, 0.6) is 11.5 Å². The number of hydrogen-bond acceptors (Lipinski definition) is 5. The van der Waals surface area contributed by atoms with Crippen molar-refractivity contribution in [3.8, 4) is 11.5 Å². The normalized spacial score (nSPS) is 15.4. The van der Waals surface area contributed by atoms with Gasteiger partial charge in [-0.05, 0) is 41.7 Å². The summed E-state index contributed by atoms with van der Waals surface area (Å²) < 4.78 is 11.9. The molecule has 1 aliphatic heterocycles. The predicted octanol–water partition coefficient (Wildman–Crippen LogP) is 5.52. The summed E-state index contributed by atoms with van der Waals surface area (Å²) in [4.78, 5) is 15.1. The van der Waals surface area contributed by atoms with Crippen molar-refractivity contribution >= 4 is 40.3 Å². The molecule has 1 fully saturated rings. The van der Waals surface area contributed by atoms with Crippen LogP contribution in [0.25, 0.3) is 6.08 Å². The van der Waals surface area contributed by atoms with Crippen molar-refractivity contribution in [1.82, 2.24) is 4.90 Å². The molecule has 0 aromatic heterocycles. The van der Waals surface area contributed by atoms with E-state index in [1.807, 2.05) is 54.6 Å². The Morgan fingerprint density at radius 1 is 1.14 bits per heavy atom. The number of methoxy groups -OCH3 is 1. The second kappa shape index (κ2) is 9.94. The Balaban J connectivity index is 1.74. The van der Waals surface area contributed by atoms with Crippen LogP contribution in [0.4, 0.5) is 0 Å². The van der Waals surface area contributed by atoms with Gasteiger partial charge in [0.25, 0.3) is 5.91 Å². The summed E-state index contributed by atoms with van der Waals surface area (Å²) in [5.41, 5.74) is 1.92. The fourth-order valence-electron chi connectivity index (χ4n) is 2.85. The molecule has 1 saturated heterocycles. The first-order valence-electron chi connectivity index (χ1n) is 9.58. The minimum Gasteiger partial charge on any atom is -0.493 e. The molecule has 0 saturated carbocycles. The van der Waals surface area contributed by atoms with Gasteiger partial charge in [-0.2, -0.15) is 0 Å². The van der Waals surface area contributed by atoms with Crippen LogP contribution in [-0.2, 0) is 11.3 Å². The average Bonchev–Trinajstić information content (AvgIpc) is 2.96. The van der Waals surface area contributed by atoms with Crippen LogP contribution >= 0.6 is 24.0 Å². The van der Waals surface area contributed by atoms with Gasteiger partial charge in [0.2, 0.25) is 0 Å². The van der Waals surface area contributed by atoms with E-state index in [1.165, 1.54) is 11.8 Å². The van der Waals surface area contributed by atoms with E-state index in [1.54, 1.807) is 12.0 Å². The molecular formula is C23H25NO3S2. The fourth-order valence-corrected chi connectivity index (χ4v) is 4.11. The van der Waals surface area contributed by atoms with E-state index in [0.29, 0.717) is 39.8 Å². The number of nitrogens with zero attached hydrogens (tertiary/aromatic N) is 1. The van der Waals surface area contributed by atoms with Crippen molar-refractivity contribution in [3.63, 3.8) is 0 Å². The van der Waals surface area contributed by atoms with Gasteiger partial charge < -0.3 is 9.47 Å². The number of rotatable bonds is 8. The molecule has 6 heteroatoms. The number of amides is 1. The Morgan fingerprint density at radius 3 is 2.59 bits per heavy atom. The van der Waals surface area contributed by atoms with Gasteiger partial charge in [-0.25, -0.2) is 0 Å². The van der Waals surface area contributed by atoms with E-state index >= 15 is 0 Å². The third-order valence-electron chi connectivity index (χ3n) is 4.50. The van der Waals surface area contributed by atoms with Crippen molar-refractivity contribution in [2.45, 2.75) is 26.8 Å². The molecule has 0 N–H and O–H groups in total. The van der Waals surface area contributed by atoms with Crippen LogP contribution in [0.3, 0.4) is 0 Å². The first kappa shape index (κ1) is 21.4. The summed E-state index contributed by atoms with van der Waals surface area (Å²) in [6, 6.07) is 15.6. The Hall–Kier alpha value is -2.31. The maximum atomic E-state index is 12.8. The number of carbonyl (C=O) groups excluding carboxylic acids is 1. The molecule has 1 heterocycles. The number of carbonyl (C=O) groups is 1. The van der Waals surface area contributed by atoms with Crippen molar-refractivity contribution < 1.29 is 14.3 Å². The van der Waals surface area contributed by atoms with Gasteiger partial charge >= 0.3 is 0 Å². The van der Waals surface area contributed by atoms with E-state index in [4.69, 9.17) is 21.7 Å². The van der Waals surface area contributed by atoms with E-state index in [2.05, 4.69) is 13.8 Å². The van der Waals surface area contributed by atoms with Crippen LogP contribution in [0.1, 0.15) is 31.4 Å². The quantitative estimate of drug-likeness (QED) is 0.410. The number of thioether (sulfide) groups is 1. The highest BCUT2D eigenvalue weighted by Gasteiger charge is 2.32. The lowest BCUT2D eigenvalue weighted by molar-refractivity contribution is -0.122. The highest BCUT2D eigenvalue weighted by atomic mass is 32.2. The van der Waals surface area contributed by atoms with Crippen LogP contribution in [0, 0.1) is 5.92 Å². The lowest BCUT2D eigenvalue weighted by Crippen LogP contribution is -2.27. The number of benzene rings is 2. The molecule has 0 unspecified atom stereocenters. The fraction of sp³-hybridized carbons (Fsp3) is 0.304.